The van der Waals surface area contributed by atoms with Crippen LogP contribution in [0.15, 0.2) is 24.3 Å². The van der Waals surface area contributed by atoms with Crippen LogP contribution in [0, 0.1) is 5.92 Å². The van der Waals surface area contributed by atoms with Crippen LogP contribution < -0.4 is 5.32 Å². The first-order valence-electron chi connectivity index (χ1n) is 10.2. The number of hydrogen-bond acceptors (Lipinski definition) is 3. The first kappa shape index (κ1) is 18.2. The Morgan fingerprint density at radius 1 is 1.26 bits per heavy atom. The van der Waals surface area contributed by atoms with Gasteiger partial charge in [-0.15, -0.1) is 0 Å². The van der Waals surface area contributed by atoms with Gasteiger partial charge in [0, 0.05) is 37.4 Å². The van der Waals surface area contributed by atoms with Crippen LogP contribution in [0.3, 0.4) is 0 Å². The lowest BCUT2D eigenvalue weighted by atomic mass is 9.90. The number of carbonyl (C=O) groups is 1. The number of carbonyl (C=O) groups excluding carboxylic acids is 1. The van der Waals surface area contributed by atoms with E-state index in [1.165, 1.54) is 16.8 Å². The third-order valence-corrected chi connectivity index (χ3v) is 5.89. The molecule has 2 heterocycles. The van der Waals surface area contributed by atoms with Crippen molar-refractivity contribution in [3.8, 4) is 0 Å². The fourth-order valence-electron chi connectivity index (χ4n) is 4.36. The third kappa shape index (κ3) is 3.65. The van der Waals surface area contributed by atoms with Gasteiger partial charge >= 0.3 is 0 Å². The van der Waals surface area contributed by atoms with E-state index in [0.29, 0.717) is 24.2 Å². The van der Waals surface area contributed by atoms with Gasteiger partial charge in [0.25, 0.3) is 5.91 Å². The van der Waals surface area contributed by atoms with Gasteiger partial charge in [0.15, 0.2) is 5.69 Å². The lowest BCUT2D eigenvalue weighted by Gasteiger charge is -2.29. The zero-order valence-corrected chi connectivity index (χ0v) is 16.7. The Kier molecular flexibility index (Phi) is 5.04. The average molecular weight is 367 g/mol. The molecule has 1 unspecified atom stereocenters. The third-order valence-electron chi connectivity index (χ3n) is 5.89. The van der Waals surface area contributed by atoms with E-state index in [9.17, 15) is 4.79 Å². The number of aryl methyl sites for hydroxylation is 1. The minimum Gasteiger partial charge on any atom is -0.333 e. The quantitative estimate of drug-likeness (QED) is 0.905. The van der Waals surface area contributed by atoms with E-state index in [-0.39, 0.29) is 5.91 Å². The van der Waals surface area contributed by atoms with E-state index in [4.69, 9.17) is 0 Å². The molecule has 5 nitrogen and oxygen atoms in total. The van der Waals surface area contributed by atoms with Gasteiger partial charge in [-0.25, -0.2) is 0 Å². The molecule has 0 fully saturated rings. The first-order chi connectivity index (χ1) is 13.0. The van der Waals surface area contributed by atoms with Crippen molar-refractivity contribution in [3.05, 3.63) is 52.3 Å². The molecule has 0 saturated carbocycles. The number of benzene rings is 1. The Hall–Kier alpha value is -2.14. The zero-order chi connectivity index (χ0) is 19.0. The molecule has 1 atom stereocenters. The van der Waals surface area contributed by atoms with Crippen LogP contribution >= 0.6 is 0 Å². The first-order valence-corrected chi connectivity index (χ1v) is 10.2. The van der Waals surface area contributed by atoms with Crippen LogP contribution in [-0.4, -0.2) is 39.7 Å². The summed E-state index contributed by atoms with van der Waals surface area (Å²) < 4.78 is 1.93. The topological polar surface area (TPSA) is 50.2 Å². The van der Waals surface area contributed by atoms with E-state index in [1.807, 2.05) is 16.6 Å². The number of aromatic nitrogens is 2. The predicted molar refractivity (Wildman–Crippen MR) is 107 cm³/mol. The van der Waals surface area contributed by atoms with E-state index < -0.39 is 0 Å². The van der Waals surface area contributed by atoms with Crippen molar-refractivity contribution >= 4 is 5.91 Å². The van der Waals surface area contributed by atoms with Crippen LogP contribution in [0.25, 0.3) is 0 Å². The Bertz CT molecular complexity index is 839. The second-order valence-electron chi connectivity index (χ2n) is 8.38. The molecule has 5 heteroatoms. The number of amides is 1. The summed E-state index contributed by atoms with van der Waals surface area (Å²) in [5, 5.41) is 8.32. The van der Waals surface area contributed by atoms with Gasteiger partial charge < -0.3 is 10.2 Å². The summed E-state index contributed by atoms with van der Waals surface area (Å²) in [5.41, 5.74) is 5.69. The molecular formula is C22H30N4O. The SMILES string of the molecule is CC(C)CNC1CCc2c(c(C(=O)N3CCc4ccccc4C3)nn2C)C1. The molecule has 0 spiro atoms. The zero-order valence-electron chi connectivity index (χ0n) is 16.7. The number of nitrogens with zero attached hydrogens (tertiary/aromatic N) is 3. The molecule has 0 bridgehead atoms. The van der Waals surface area contributed by atoms with E-state index in [2.05, 4.69) is 48.5 Å². The molecule has 1 aromatic heterocycles. The maximum atomic E-state index is 13.3. The number of hydrogen-bond donors (Lipinski definition) is 1. The van der Waals surface area contributed by atoms with Crippen molar-refractivity contribution in [3.63, 3.8) is 0 Å². The van der Waals surface area contributed by atoms with Crippen molar-refractivity contribution in [1.29, 1.82) is 0 Å². The Labute approximate surface area is 161 Å². The van der Waals surface area contributed by atoms with Crippen LogP contribution in [0.5, 0.6) is 0 Å². The molecule has 2 aromatic rings. The normalized spacial score (nSPS) is 19.1. The fraction of sp³-hybridized carbons (Fsp3) is 0.545. The highest BCUT2D eigenvalue weighted by Crippen LogP contribution is 2.27. The Morgan fingerprint density at radius 2 is 2.04 bits per heavy atom. The van der Waals surface area contributed by atoms with Crippen LogP contribution in [-0.2, 0) is 32.9 Å². The monoisotopic (exact) mass is 366 g/mol. The molecule has 144 valence electrons. The van der Waals surface area contributed by atoms with Crippen LogP contribution in [0.2, 0.25) is 0 Å². The van der Waals surface area contributed by atoms with Gasteiger partial charge in [-0.1, -0.05) is 38.1 Å². The van der Waals surface area contributed by atoms with Gasteiger partial charge in [-0.2, -0.15) is 5.10 Å². The molecule has 1 aromatic carbocycles. The standard InChI is InChI=1S/C22H30N4O/c1-15(2)13-23-18-8-9-20-19(12-18)21(24-25(20)3)22(27)26-11-10-16-6-4-5-7-17(16)14-26/h4-7,15,18,23H,8-14H2,1-3H3. The smallest absolute Gasteiger partial charge is 0.274 e. The summed E-state index contributed by atoms with van der Waals surface area (Å²) in [6.45, 7) is 6.95. The second kappa shape index (κ2) is 7.47. The highest BCUT2D eigenvalue weighted by atomic mass is 16.2. The number of rotatable bonds is 4. The van der Waals surface area contributed by atoms with Gasteiger partial charge in [0.05, 0.1) is 0 Å². The van der Waals surface area contributed by atoms with Gasteiger partial charge in [0.1, 0.15) is 0 Å². The summed E-state index contributed by atoms with van der Waals surface area (Å²) in [4.78, 5) is 15.3. The average Bonchev–Trinajstić information content (AvgIpc) is 3.01. The van der Waals surface area contributed by atoms with Crippen molar-refractivity contribution in [2.45, 2.75) is 52.1 Å². The molecule has 1 aliphatic heterocycles. The molecule has 4 rings (SSSR count). The van der Waals surface area contributed by atoms with Gasteiger partial charge in [0.2, 0.25) is 0 Å². The van der Waals surface area contributed by atoms with Crippen molar-refractivity contribution in [2.24, 2.45) is 13.0 Å². The van der Waals surface area contributed by atoms with Crippen molar-refractivity contribution < 1.29 is 4.79 Å². The largest absolute Gasteiger partial charge is 0.333 e. The minimum absolute atomic E-state index is 0.0888. The molecular weight excluding hydrogens is 336 g/mol. The molecule has 2 aliphatic rings. The number of fused-ring (bicyclic) bond motifs is 2. The Morgan fingerprint density at radius 3 is 2.81 bits per heavy atom. The summed E-state index contributed by atoms with van der Waals surface area (Å²) in [5.74, 6) is 0.723. The fourth-order valence-corrected chi connectivity index (χ4v) is 4.36. The second-order valence-corrected chi connectivity index (χ2v) is 8.38. The van der Waals surface area contributed by atoms with E-state index in [0.717, 1.165) is 44.3 Å². The van der Waals surface area contributed by atoms with Gasteiger partial charge in [-0.3, -0.25) is 9.48 Å². The van der Waals surface area contributed by atoms with E-state index in [1.54, 1.807) is 0 Å². The minimum atomic E-state index is 0.0888. The molecule has 1 aliphatic carbocycles. The van der Waals surface area contributed by atoms with Crippen LogP contribution in [0.1, 0.15) is 53.1 Å². The Balaban J connectivity index is 1.54. The lowest BCUT2D eigenvalue weighted by molar-refractivity contribution is 0.0726. The molecule has 0 radical (unpaired) electrons. The maximum Gasteiger partial charge on any atom is 0.274 e. The maximum absolute atomic E-state index is 13.3. The summed E-state index contributed by atoms with van der Waals surface area (Å²) in [6, 6.07) is 8.88. The van der Waals surface area contributed by atoms with Crippen LogP contribution in [0.4, 0.5) is 0 Å². The summed E-state index contributed by atoms with van der Waals surface area (Å²) in [6.07, 6.45) is 3.94. The molecule has 1 N–H and O–H groups in total. The summed E-state index contributed by atoms with van der Waals surface area (Å²) >= 11 is 0. The number of nitrogens with one attached hydrogen (secondary N) is 1. The highest BCUT2D eigenvalue weighted by molar-refractivity contribution is 5.94. The highest BCUT2D eigenvalue weighted by Gasteiger charge is 2.31. The molecule has 0 saturated heterocycles. The molecule has 1 amide bonds. The molecule has 27 heavy (non-hydrogen) atoms. The van der Waals surface area contributed by atoms with E-state index >= 15 is 0 Å². The summed E-state index contributed by atoms with van der Waals surface area (Å²) in [7, 11) is 1.98. The van der Waals surface area contributed by atoms with Crippen molar-refractivity contribution in [1.82, 2.24) is 20.0 Å². The predicted octanol–water partition coefficient (Wildman–Crippen LogP) is 2.72. The van der Waals surface area contributed by atoms with Crippen molar-refractivity contribution in [2.75, 3.05) is 13.1 Å². The lowest BCUT2D eigenvalue weighted by Crippen LogP contribution is -2.39. The van der Waals surface area contributed by atoms with Gasteiger partial charge in [-0.05, 0) is 49.3 Å².